The summed E-state index contributed by atoms with van der Waals surface area (Å²) >= 11 is 1.34. The summed E-state index contributed by atoms with van der Waals surface area (Å²) < 4.78 is 5.17. The van der Waals surface area contributed by atoms with Gasteiger partial charge in [0, 0.05) is 26.2 Å². The van der Waals surface area contributed by atoms with Crippen molar-refractivity contribution in [3.63, 3.8) is 0 Å². The molecule has 152 valence electrons. The lowest BCUT2D eigenvalue weighted by atomic mass is 10.1. The molecule has 0 saturated carbocycles. The fourth-order valence-electron chi connectivity index (χ4n) is 3.36. The third-order valence-corrected chi connectivity index (χ3v) is 5.88. The molecule has 1 fully saturated rings. The van der Waals surface area contributed by atoms with Crippen molar-refractivity contribution < 1.29 is 14.3 Å². The van der Waals surface area contributed by atoms with Crippen LogP contribution in [-0.4, -0.2) is 60.9 Å². The summed E-state index contributed by atoms with van der Waals surface area (Å²) in [7, 11) is 1.61. The van der Waals surface area contributed by atoms with Crippen LogP contribution in [0, 0.1) is 11.3 Å². The van der Waals surface area contributed by atoms with Crippen molar-refractivity contribution in [2.45, 2.75) is 19.0 Å². The third kappa shape index (κ3) is 4.94. The van der Waals surface area contributed by atoms with Crippen molar-refractivity contribution in [1.82, 2.24) is 15.1 Å². The molecule has 0 spiro atoms. The van der Waals surface area contributed by atoms with Gasteiger partial charge in [0.25, 0.3) is 5.91 Å². The summed E-state index contributed by atoms with van der Waals surface area (Å²) in [6, 6.07) is 12.4. The first-order valence-corrected chi connectivity index (χ1v) is 10.3. The van der Waals surface area contributed by atoms with Crippen LogP contribution in [0.5, 0.6) is 5.75 Å². The van der Waals surface area contributed by atoms with E-state index < -0.39 is 6.04 Å². The van der Waals surface area contributed by atoms with Gasteiger partial charge in [-0.1, -0.05) is 18.2 Å². The van der Waals surface area contributed by atoms with Crippen LogP contribution in [0.25, 0.3) is 0 Å². The van der Waals surface area contributed by atoms with Crippen molar-refractivity contribution in [1.29, 1.82) is 5.26 Å². The number of carbonyl (C=O) groups is 2. The van der Waals surface area contributed by atoms with Crippen molar-refractivity contribution in [3.8, 4) is 11.8 Å². The van der Waals surface area contributed by atoms with Gasteiger partial charge in [0.05, 0.1) is 18.1 Å². The maximum Gasteiger partial charge on any atom is 0.261 e. The summed E-state index contributed by atoms with van der Waals surface area (Å²) in [6.45, 7) is 3.94. The molecular weight excluding hydrogens is 388 g/mol. The minimum absolute atomic E-state index is 0.104. The van der Waals surface area contributed by atoms with Crippen LogP contribution in [0.2, 0.25) is 0 Å². The van der Waals surface area contributed by atoms with E-state index in [4.69, 9.17) is 4.74 Å². The molecule has 2 unspecified atom stereocenters. The number of piperazine rings is 1. The number of hydrogen-bond donors (Lipinski definition) is 1. The van der Waals surface area contributed by atoms with Crippen LogP contribution in [0.15, 0.2) is 41.8 Å². The van der Waals surface area contributed by atoms with Gasteiger partial charge < -0.3 is 15.0 Å². The Labute approximate surface area is 174 Å². The van der Waals surface area contributed by atoms with Gasteiger partial charge in [0.2, 0.25) is 5.91 Å². The predicted octanol–water partition coefficient (Wildman–Crippen LogP) is 2.28. The number of nitriles is 1. The zero-order valence-corrected chi connectivity index (χ0v) is 17.3. The molecule has 3 rings (SSSR count). The van der Waals surface area contributed by atoms with E-state index in [1.165, 1.54) is 11.3 Å². The number of thiophene rings is 1. The van der Waals surface area contributed by atoms with Crippen LogP contribution >= 0.6 is 11.3 Å². The Balaban J connectivity index is 1.55. The number of nitrogens with one attached hydrogen (secondary N) is 1. The predicted molar refractivity (Wildman–Crippen MR) is 111 cm³/mol. The van der Waals surface area contributed by atoms with E-state index in [2.05, 4.69) is 16.3 Å². The largest absolute Gasteiger partial charge is 0.497 e. The second-order valence-electron chi connectivity index (χ2n) is 6.84. The summed E-state index contributed by atoms with van der Waals surface area (Å²) in [5, 5.41) is 14.3. The minimum Gasteiger partial charge on any atom is -0.497 e. The van der Waals surface area contributed by atoms with Gasteiger partial charge >= 0.3 is 0 Å². The number of rotatable bonds is 6. The molecule has 2 atom stereocenters. The third-order valence-electron chi connectivity index (χ3n) is 5.01. The first kappa shape index (κ1) is 20.8. The van der Waals surface area contributed by atoms with Crippen LogP contribution in [0.4, 0.5) is 0 Å². The molecule has 0 radical (unpaired) electrons. The molecule has 1 aliphatic rings. The van der Waals surface area contributed by atoms with Gasteiger partial charge in [-0.05, 0) is 36.1 Å². The van der Waals surface area contributed by atoms with Crippen molar-refractivity contribution >= 4 is 23.2 Å². The number of hydrogen-bond acceptors (Lipinski definition) is 6. The zero-order valence-electron chi connectivity index (χ0n) is 16.5. The van der Waals surface area contributed by atoms with E-state index in [0.717, 1.165) is 11.3 Å². The number of methoxy groups -OCH3 is 1. The first-order valence-electron chi connectivity index (χ1n) is 9.44. The van der Waals surface area contributed by atoms with Crippen molar-refractivity contribution in [2.24, 2.45) is 0 Å². The van der Waals surface area contributed by atoms with E-state index in [1.807, 2.05) is 29.6 Å². The molecule has 1 aromatic carbocycles. The second kappa shape index (κ2) is 9.54. The van der Waals surface area contributed by atoms with Crippen LogP contribution in [0.3, 0.4) is 0 Å². The minimum atomic E-state index is -0.593. The molecule has 0 aliphatic carbocycles. The number of amides is 2. The van der Waals surface area contributed by atoms with Gasteiger partial charge in [-0.25, -0.2) is 0 Å². The van der Waals surface area contributed by atoms with E-state index >= 15 is 0 Å². The molecule has 2 amide bonds. The number of ether oxygens (including phenoxy) is 1. The van der Waals surface area contributed by atoms with Crippen LogP contribution in [0.1, 0.15) is 28.2 Å². The lowest BCUT2D eigenvalue weighted by Crippen LogP contribution is -2.54. The molecule has 0 bridgehead atoms. The number of carbonyl (C=O) groups excluding carboxylic acids is 2. The molecule has 1 N–H and O–H groups in total. The monoisotopic (exact) mass is 412 g/mol. The smallest absolute Gasteiger partial charge is 0.261 e. The fraction of sp³-hybridized carbons (Fsp3) is 0.381. The second-order valence-corrected chi connectivity index (χ2v) is 7.79. The van der Waals surface area contributed by atoms with E-state index in [9.17, 15) is 14.9 Å². The van der Waals surface area contributed by atoms with Crippen LogP contribution in [-0.2, 0) is 4.79 Å². The number of nitrogens with zero attached hydrogens (tertiary/aromatic N) is 3. The van der Waals surface area contributed by atoms with Gasteiger partial charge in [-0.15, -0.1) is 11.3 Å². The number of benzene rings is 1. The molecule has 7 nitrogen and oxygen atoms in total. The highest BCUT2D eigenvalue weighted by atomic mass is 32.1. The van der Waals surface area contributed by atoms with E-state index in [1.54, 1.807) is 31.1 Å². The molecule has 8 heteroatoms. The Hall–Kier alpha value is -2.89. The summed E-state index contributed by atoms with van der Waals surface area (Å²) in [4.78, 5) is 29.3. The fourth-order valence-corrected chi connectivity index (χ4v) is 3.99. The molecule has 29 heavy (non-hydrogen) atoms. The van der Waals surface area contributed by atoms with E-state index in [0.29, 0.717) is 31.1 Å². The highest BCUT2D eigenvalue weighted by Gasteiger charge is 2.29. The lowest BCUT2D eigenvalue weighted by Gasteiger charge is -2.38. The van der Waals surface area contributed by atoms with Crippen molar-refractivity contribution in [3.05, 3.63) is 52.2 Å². The Morgan fingerprint density at radius 1 is 1.17 bits per heavy atom. The van der Waals surface area contributed by atoms with Crippen LogP contribution < -0.4 is 10.1 Å². The Kier molecular flexibility index (Phi) is 6.86. The van der Waals surface area contributed by atoms with Gasteiger partial charge in [-0.3, -0.25) is 14.5 Å². The Bertz CT molecular complexity index is 868. The highest BCUT2D eigenvalue weighted by molar-refractivity contribution is 7.12. The average molecular weight is 413 g/mol. The zero-order chi connectivity index (χ0) is 20.8. The highest BCUT2D eigenvalue weighted by Crippen LogP contribution is 2.24. The topological polar surface area (TPSA) is 85.7 Å². The Morgan fingerprint density at radius 2 is 1.86 bits per heavy atom. The molecule has 1 saturated heterocycles. The van der Waals surface area contributed by atoms with Gasteiger partial charge in [-0.2, -0.15) is 5.26 Å². The molecule has 2 aromatic rings. The summed E-state index contributed by atoms with van der Waals surface area (Å²) in [6.07, 6.45) is 0. The molecular formula is C21H24N4O3S. The summed E-state index contributed by atoms with van der Waals surface area (Å²) in [5.41, 5.74) is 0.907. The average Bonchev–Trinajstić information content (AvgIpc) is 3.30. The summed E-state index contributed by atoms with van der Waals surface area (Å²) in [5.74, 6) is 0.412. The van der Waals surface area contributed by atoms with Gasteiger partial charge in [0.1, 0.15) is 17.8 Å². The maximum absolute atomic E-state index is 12.7. The van der Waals surface area contributed by atoms with Crippen molar-refractivity contribution in [2.75, 3.05) is 33.3 Å². The first-order chi connectivity index (χ1) is 14.0. The van der Waals surface area contributed by atoms with Gasteiger partial charge in [0.15, 0.2) is 0 Å². The normalized spacial score (nSPS) is 16.5. The molecule has 1 aromatic heterocycles. The quantitative estimate of drug-likeness (QED) is 0.787. The van der Waals surface area contributed by atoms with E-state index in [-0.39, 0.29) is 17.9 Å². The lowest BCUT2D eigenvalue weighted by molar-refractivity contribution is -0.134. The SMILES string of the molecule is COc1ccc(C(C#N)N2CCN(C(=O)C(C)NC(=O)c3cccs3)CC2)cc1. The maximum atomic E-state index is 12.7. The standard InChI is InChI=1S/C21H24N4O3S/c1-15(23-20(26)19-4-3-13-29-19)21(27)25-11-9-24(10-12-25)18(14-22)16-5-7-17(28-2)8-6-16/h3-8,13,15,18H,9-12H2,1-2H3,(H,23,26). The molecule has 2 heterocycles. The molecule has 1 aliphatic heterocycles. The Morgan fingerprint density at radius 3 is 2.41 bits per heavy atom.